The second kappa shape index (κ2) is 3.99. The SMILES string of the molecule is CN(CC1CC1)c1cc2c(cc1Cl)C(=O)C(=O)N2. The normalized spacial score (nSPS) is 17.7. The fourth-order valence-corrected chi connectivity index (χ4v) is 2.54. The molecular formula is C13H13ClN2O2. The van der Waals surface area contributed by atoms with E-state index in [2.05, 4.69) is 10.2 Å². The number of rotatable bonds is 3. The molecule has 0 radical (unpaired) electrons. The lowest BCUT2D eigenvalue weighted by Gasteiger charge is -2.21. The lowest BCUT2D eigenvalue weighted by molar-refractivity contribution is -0.112. The smallest absolute Gasteiger partial charge is 0.296 e. The molecule has 0 atom stereocenters. The van der Waals surface area contributed by atoms with Gasteiger partial charge in [-0.25, -0.2) is 0 Å². The number of hydrogen-bond donors (Lipinski definition) is 1. The number of benzene rings is 1. The average molecular weight is 265 g/mol. The summed E-state index contributed by atoms with van der Waals surface area (Å²) in [5.41, 5.74) is 1.79. The van der Waals surface area contributed by atoms with Gasteiger partial charge in [0.15, 0.2) is 0 Å². The van der Waals surface area contributed by atoms with Crippen molar-refractivity contribution in [3.63, 3.8) is 0 Å². The molecule has 1 aromatic rings. The fraction of sp³-hybridized carbons (Fsp3) is 0.385. The van der Waals surface area contributed by atoms with Gasteiger partial charge in [-0.15, -0.1) is 0 Å². The molecule has 0 unspecified atom stereocenters. The van der Waals surface area contributed by atoms with Crippen molar-refractivity contribution in [1.82, 2.24) is 0 Å². The van der Waals surface area contributed by atoms with Gasteiger partial charge < -0.3 is 10.2 Å². The second-order valence-electron chi connectivity index (χ2n) is 4.96. The Bertz CT molecular complexity index is 552. The highest BCUT2D eigenvalue weighted by molar-refractivity contribution is 6.52. The maximum Gasteiger partial charge on any atom is 0.296 e. The third-order valence-corrected chi connectivity index (χ3v) is 3.73. The van der Waals surface area contributed by atoms with Gasteiger partial charge in [-0.05, 0) is 30.9 Å². The van der Waals surface area contributed by atoms with Crippen molar-refractivity contribution < 1.29 is 9.59 Å². The summed E-state index contributed by atoms with van der Waals surface area (Å²) in [6, 6.07) is 3.36. The third kappa shape index (κ3) is 1.86. The van der Waals surface area contributed by atoms with Gasteiger partial charge in [0.25, 0.3) is 11.7 Å². The van der Waals surface area contributed by atoms with Crippen molar-refractivity contribution in [3.05, 3.63) is 22.7 Å². The number of ketones is 1. The van der Waals surface area contributed by atoms with Gasteiger partial charge in [0.05, 0.1) is 22.0 Å². The van der Waals surface area contributed by atoms with Crippen LogP contribution in [0, 0.1) is 5.92 Å². The van der Waals surface area contributed by atoms with E-state index in [1.165, 1.54) is 12.8 Å². The van der Waals surface area contributed by atoms with Crippen LogP contribution in [0.1, 0.15) is 23.2 Å². The van der Waals surface area contributed by atoms with Gasteiger partial charge in [0.2, 0.25) is 0 Å². The molecule has 18 heavy (non-hydrogen) atoms. The quantitative estimate of drug-likeness (QED) is 0.853. The molecule has 1 amide bonds. The zero-order valence-corrected chi connectivity index (χ0v) is 10.8. The molecule has 3 rings (SSSR count). The van der Waals surface area contributed by atoms with Crippen molar-refractivity contribution in [1.29, 1.82) is 0 Å². The molecule has 0 aromatic heterocycles. The van der Waals surface area contributed by atoms with E-state index < -0.39 is 11.7 Å². The van der Waals surface area contributed by atoms with Gasteiger partial charge >= 0.3 is 0 Å². The van der Waals surface area contributed by atoms with Crippen LogP contribution in [-0.4, -0.2) is 25.3 Å². The Balaban J connectivity index is 1.94. The van der Waals surface area contributed by atoms with Gasteiger partial charge in [-0.2, -0.15) is 0 Å². The summed E-state index contributed by atoms with van der Waals surface area (Å²) < 4.78 is 0. The van der Waals surface area contributed by atoms with E-state index in [1.807, 2.05) is 7.05 Å². The molecule has 1 aliphatic heterocycles. The second-order valence-corrected chi connectivity index (χ2v) is 5.36. The number of anilines is 2. The summed E-state index contributed by atoms with van der Waals surface area (Å²) in [5.74, 6) is -0.345. The van der Waals surface area contributed by atoms with Crippen molar-refractivity contribution in [3.8, 4) is 0 Å². The predicted octanol–water partition coefficient (Wildman–Crippen LogP) is 2.32. The monoisotopic (exact) mass is 264 g/mol. The minimum Gasteiger partial charge on any atom is -0.373 e. The Morgan fingerprint density at radius 3 is 2.78 bits per heavy atom. The first-order valence-corrected chi connectivity index (χ1v) is 6.34. The van der Waals surface area contributed by atoms with Crippen LogP contribution in [0.25, 0.3) is 0 Å². The first kappa shape index (κ1) is 11.5. The summed E-state index contributed by atoms with van der Waals surface area (Å²) in [4.78, 5) is 24.9. The maximum absolute atomic E-state index is 11.5. The van der Waals surface area contributed by atoms with Crippen LogP contribution in [0.4, 0.5) is 11.4 Å². The number of halogens is 1. The zero-order chi connectivity index (χ0) is 12.9. The van der Waals surface area contributed by atoms with Crippen molar-refractivity contribution in [2.75, 3.05) is 23.8 Å². The van der Waals surface area contributed by atoms with E-state index >= 15 is 0 Å². The molecule has 5 heteroatoms. The van der Waals surface area contributed by atoms with E-state index in [9.17, 15) is 9.59 Å². The van der Waals surface area contributed by atoms with E-state index in [-0.39, 0.29) is 0 Å². The number of Topliss-reactive ketones (excluding diaryl/α,β-unsaturated/α-hetero) is 1. The molecule has 1 fully saturated rings. The topological polar surface area (TPSA) is 49.4 Å². The predicted molar refractivity (Wildman–Crippen MR) is 70.4 cm³/mol. The van der Waals surface area contributed by atoms with E-state index in [0.29, 0.717) is 16.3 Å². The highest BCUT2D eigenvalue weighted by Gasteiger charge is 2.30. The number of nitrogens with one attached hydrogen (secondary N) is 1. The summed E-state index contributed by atoms with van der Waals surface area (Å²) in [5, 5.41) is 3.08. The molecule has 2 aliphatic rings. The third-order valence-electron chi connectivity index (χ3n) is 3.43. The van der Waals surface area contributed by atoms with Crippen LogP contribution in [0.5, 0.6) is 0 Å². The van der Waals surface area contributed by atoms with Crippen molar-refractivity contribution in [2.24, 2.45) is 5.92 Å². The highest BCUT2D eigenvalue weighted by atomic mass is 35.5. The summed E-state index contributed by atoms with van der Waals surface area (Å²) in [6.45, 7) is 0.959. The number of hydrogen-bond acceptors (Lipinski definition) is 3. The number of carbonyl (C=O) groups excluding carboxylic acids is 2. The van der Waals surface area contributed by atoms with Crippen molar-refractivity contribution in [2.45, 2.75) is 12.8 Å². The standard InChI is InChI=1S/C13H13ClN2O2/c1-16(6-7-2-3-7)11-5-10-8(4-9(11)14)12(17)13(18)15-10/h4-5,7H,2-3,6H2,1H3,(H,15,17,18). The largest absolute Gasteiger partial charge is 0.373 e. The number of carbonyl (C=O) groups is 2. The molecule has 0 saturated heterocycles. The molecule has 1 heterocycles. The van der Waals surface area contributed by atoms with E-state index in [0.717, 1.165) is 18.2 Å². The van der Waals surface area contributed by atoms with Gasteiger partial charge in [0.1, 0.15) is 0 Å². The van der Waals surface area contributed by atoms with Crippen LogP contribution in [0.15, 0.2) is 12.1 Å². The molecule has 4 nitrogen and oxygen atoms in total. The Labute approximate surface area is 110 Å². The molecule has 0 spiro atoms. The fourth-order valence-electron chi connectivity index (χ4n) is 2.23. The Morgan fingerprint density at radius 2 is 2.11 bits per heavy atom. The first-order chi connectivity index (χ1) is 8.56. The van der Waals surface area contributed by atoms with Gasteiger partial charge in [0, 0.05) is 13.6 Å². The van der Waals surface area contributed by atoms with Crippen LogP contribution < -0.4 is 10.2 Å². The molecule has 94 valence electrons. The van der Waals surface area contributed by atoms with Crippen LogP contribution >= 0.6 is 11.6 Å². The van der Waals surface area contributed by atoms with E-state index in [1.54, 1.807) is 12.1 Å². The number of fused-ring (bicyclic) bond motifs is 1. The number of nitrogens with zero attached hydrogens (tertiary/aromatic N) is 1. The minimum atomic E-state index is -0.580. The molecule has 1 saturated carbocycles. The Morgan fingerprint density at radius 1 is 1.39 bits per heavy atom. The summed E-state index contributed by atoms with van der Waals surface area (Å²) in [7, 11) is 1.98. The summed E-state index contributed by atoms with van der Waals surface area (Å²) >= 11 is 6.19. The van der Waals surface area contributed by atoms with Gasteiger partial charge in [-0.3, -0.25) is 9.59 Å². The van der Waals surface area contributed by atoms with Crippen LogP contribution in [-0.2, 0) is 4.79 Å². The lowest BCUT2D eigenvalue weighted by Crippen LogP contribution is -2.20. The van der Waals surface area contributed by atoms with Crippen molar-refractivity contribution >= 4 is 34.7 Å². The molecule has 0 bridgehead atoms. The summed E-state index contributed by atoms with van der Waals surface area (Å²) in [6.07, 6.45) is 2.53. The average Bonchev–Trinajstić information content (AvgIpc) is 3.08. The molecule has 1 aliphatic carbocycles. The van der Waals surface area contributed by atoms with Crippen LogP contribution in [0.3, 0.4) is 0 Å². The van der Waals surface area contributed by atoms with Crippen LogP contribution in [0.2, 0.25) is 5.02 Å². The first-order valence-electron chi connectivity index (χ1n) is 5.96. The van der Waals surface area contributed by atoms with E-state index in [4.69, 9.17) is 11.6 Å². The molecule has 1 aromatic carbocycles. The lowest BCUT2D eigenvalue weighted by atomic mass is 10.1. The Kier molecular flexibility index (Phi) is 2.55. The minimum absolute atomic E-state index is 0.369. The molecular weight excluding hydrogens is 252 g/mol. The maximum atomic E-state index is 11.5. The number of amides is 1. The molecule has 1 N–H and O–H groups in total. The van der Waals surface area contributed by atoms with Gasteiger partial charge in [-0.1, -0.05) is 11.6 Å². The Hall–Kier alpha value is -1.55. The highest BCUT2D eigenvalue weighted by Crippen LogP contribution is 2.37. The zero-order valence-electron chi connectivity index (χ0n) is 10.00.